The van der Waals surface area contributed by atoms with Gasteiger partial charge in [0.2, 0.25) is 10.0 Å². The lowest BCUT2D eigenvalue weighted by molar-refractivity contribution is 0.598. The zero-order chi connectivity index (χ0) is 17.7. The summed E-state index contributed by atoms with van der Waals surface area (Å²) in [6.07, 6.45) is 1.81. The van der Waals surface area contributed by atoms with E-state index in [4.69, 9.17) is 17.4 Å². The molecule has 0 bridgehead atoms. The number of hydrogen-bond donors (Lipinski definition) is 3. The fourth-order valence-corrected chi connectivity index (χ4v) is 3.14. The van der Waals surface area contributed by atoms with E-state index in [0.717, 1.165) is 18.5 Å². The number of sulfonamides is 1. The summed E-state index contributed by atoms with van der Waals surface area (Å²) in [4.78, 5) is 0.0662. The van der Waals surface area contributed by atoms with Gasteiger partial charge in [-0.1, -0.05) is 32.0 Å². The predicted octanol–water partition coefficient (Wildman–Crippen LogP) is 3.27. The third-order valence-corrected chi connectivity index (χ3v) is 4.81. The molecule has 24 heavy (non-hydrogen) atoms. The zero-order valence-electron chi connectivity index (χ0n) is 13.7. The molecule has 0 unspecified atom stereocenters. The van der Waals surface area contributed by atoms with Crippen molar-refractivity contribution in [1.82, 2.24) is 0 Å². The van der Waals surface area contributed by atoms with E-state index < -0.39 is 10.0 Å². The van der Waals surface area contributed by atoms with Crippen molar-refractivity contribution < 1.29 is 8.42 Å². The summed E-state index contributed by atoms with van der Waals surface area (Å²) in [7, 11) is -3.69. The maximum atomic E-state index is 11.3. The average molecular weight is 364 g/mol. The Morgan fingerprint density at radius 2 is 1.54 bits per heavy atom. The first-order valence-corrected chi connectivity index (χ1v) is 9.62. The minimum Gasteiger partial charge on any atom is -0.332 e. The first kappa shape index (κ1) is 18.4. The minimum absolute atomic E-state index is 0.0662. The number of nitrogens with one attached hydrogen (secondary N) is 2. The highest BCUT2D eigenvalue weighted by molar-refractivity contribution is 7.89. The smallest absolute Gasteiger partial charge is 0.238 e. The van der Waals surface area contributed by atoms with E-state index >= 15 is 0 Å². The average Bonchev–Trinajstić information content (AvgIpc) is 2.54. The second-order valence-electron chi connectivity index (χ2n) is 5.31. The monoisotopic (exact) mass is 363 g/mol. The molecule has 0 amide bonds. The Hall–Kier alpha value is -1.96. The van der Waals surface area contributed by atoms with E-state index in [-0.39, 0.29) is 4.90 Å². The normalized spacial score (nSPS) is 11.1. The van der Waals surface area contributed by atoms with E-state index in [9.17, 15) is 8.42 Å². The molecule has 0 fully saturated rings. The summed E-state index contributed by atoms with van der Waals surface area (Å²) in [5.74, 6) is 0. The largest absolute Gasteiger partial charge is 0.332 e. The molecule has 0 aromatic heterocycles. The summed E-state index contributed by atoms with van der Waals surface area (Å²) in [5, 5.41) is 11.8. The van der Waals surface area contributed by atoms with Crippen molar-refractivity contribution >= 4 is 38.7 Å². The Morgan fingerprint density at radius 3 is 2.00 bits per heavy atom. The van der Waals surface area contributed by atoms with Crippen molar-refractivity contribution in [2.45, 2.75) is 31.6 Å². The number of hydrogen-bond acceptors (Lipinski definition) is 3. The Morgan fingerprint density at radius 1 is 1.00 bits per heavy atom. The lowest BCUT2D eigenvalue weighted by Crippen LogP contribution is -2.21. The second kappa shape index (κ2) is 7.74. The van der Waals surface area contributed by atoms with Gasteiger partial charge in [-0.3, -0.25) is 0 Å². The number of thiocarbonyl (C=S) groups is 1. The van der Waals surface area contributed by atoms with Crippen molar-refractivity contribution in [3.8, 4) is 0 Å². The lowest BCUT2D eigenvalue weighted by Gasteiger charge is -2.17. The molecule has 5 nitrogen and oxygen atoms in total. The zero-order valence-corrected chi connectivity index (χ0v) is 15.3. The van der Waals surface area contributed by atoms with E-state index in [1.807, 2.05) is 6.07 Å². The van der Waals surface area contributed by atoms with Crippen molar-refractivity contribution in [1.29, 1.82) is 0 Å². The van der Waals surface area contributed by atoms with Crippen LogP contribution in [0.2, 0.25) is 0 Å². The predicted molar refractivity (Wildman–Crippen MR) is 103 cm³/mol. The third-order valence-electron chi connectivity index (χ3n) is 3.68. The molecule has 2 rings (SSSR count). The Kier molecular flexibility index (Phi) is 5.93. The Balaban J connectivity index is 2.14. The van der Waals surface area contributed by atoms with Gasteiger partial charge in [0.05, 0.1) is 4.90 Å². The summed E-state index contributed by atoms with van der Waals surface area (Å²) in [5.41, 5.74) is 4.11. The molecule has 0 spiro atoms. The molecule has 4 N–H and O–H groups in total. The molecule has 0 aliphatic heterocycles. The van der Waals surface area contributed by atoms with Crippen molar-refractivity contribution in [3.63, 3.8) is 0 Å². The van der Waals surface area contributed by atoms with E-state index in [2.05, 4.69) is 36.6 Å². The summed E-state index contributed by atoms with van der Waals surface area (Å²) in [6.45, 7) is 4.20. The van der Waals surface area contributed by atoms with Crippen molar-refractivity contribution in [2.24, 2.45) is 5.14 Å². The Labute approximate surface area is 148 Å². The molecule has 0 aliphatic rings. The van der Waals surface area contributed by atoms with Crippen LogP contribution in [0.4, 0.5) is 11.4 Å². The van der Waals surface area contributed by atoms with Gasteiger partial charge in [0, 0.05) is 11.4 Å². The van der Waals surface area contributed by atoms with Crippen LogP contribution in [-0.4, -0.2) is 13.5 Å². The van der Waals surface area contributed by atoms with Crippen LogP contribution in [0.3, 0.4) is 0 Å². The molecular formula is C17H21N3O2S2. The van der Waals surface area contributed by atoms with E-state index in [0.29, 0.717) is 10.8 Å². The van der Waals surface area contributed by atoms with Gasteiger partial charge in [-0.25, -0.2) is 13.6 Å². The summed E-state index contributed by atoms with van der Waals surface area (Å²) in [6, 6.07) is 12.3. The first-order valence-electron chi connectivity index (χ1n) is 7.66. The fourth-order valence-electron chi connectivity index (χ4n) is 2.41. The number of nitrogens with two attached hydrogens (primary N) is 1. The highest BCUT2D eigenvalue weighted by atomic mass is 32.2. The molecule has 2 aromatic rings. The number of para-hydroxylation sites is 1. The highest BCUT2D eigenvalue weighted by Crippen LogP contribution is 2.23. The Bertz CT molecular complexity index is 809. The minimum atomic E-state index is -3.69. The van der Waals surface area contributed by atoms with Gasteiger partial charge < -0.3 is 10.6 Å². The topological polar surface area (TPSA) is 84.2 Å². The fraction of sp³-hybridized carbons (Fsp3) is 0.235. The van der Waals surface area contributed by atoms with Crippen LogP contribution in [-0.2, 0) is 22.9 Å². The molecule has 0 heterocycles. The van der Waals surface area contributed by atoms with Crippen molar-refractivity contribution in [2.75, 3.05) is 10.6 Å². The second-order valence-corrected chi connectivity index (χ2v) is 7.28. The first-order chi connectivity index (χ1) is 11.3. The maximum absolute atomic E-state index is 11.3. The number of rotatable bonds is 5. The molecule has 0 atom stereocenters. The van der Waals surface area contributed by atoms with Crippen LogP contribution in [0.5, 0.6) is 0 Å². The number of aryl methyl sites for hydroxylation is 2. The summed E-state index contributed by atoms with van der Waals surface area (Å²) >= 11 is 5.37. The van der Waals surface area contributed by atoms with Gasteiger partial charge in [-0.05, 0) is 60.5 Å². The molecule has 0 saturated carbocycles. The molecule has 128 valence electrons. The molecule has 2 aromatic carbocycles. The van der Waals surface area contributed by atoms with Gasteiger partial charge in [0.25, 0.3) is 0 Å². The van der Waals surface area contributed by atoms with Crippen LogP contribution >= 0.6 is 12.2 Å². The van der Waals surface area contributed by atoms with E-state index in [1.54, 1.807) is 12.1 Å². The number of benzene rings is 2. The van der Waals surface area contributed by atoms with Gasteiger partial charge in [-0.2, -0.15) is 0 Å². The van der Waals surface area contributed by atoms with Crippen LogP contribution < -0.4 is 15.8 Å². The molecule has 7 heteroatoms. The molecule has 0 aliphatic carbocycles. The number of anilines is 2. The third kappa shape index (κ3) is 4.53. The van der Waals surface area contributed by atoms with E-state index in [1.165, 1.54) is 23.3 Å². The maximum Gasteiger partial charge on any atom is 0.238 e. The quantitative estimate of drug-likeness (QED) is 0.710. The van der Waals surface area contributed by atoms with Crippen LogP contribution in [0, 0.1) is 0 Å². The van der Waals surface area contributed by atoms with Gasteiger partial charge in [0.15, 0.2) is 5.11 Å². The molecule has 0 radical (unpaired) electrons. The summed E-state index contributed by atoms with van der Waals surface area (Å²) < 4.78 is 22.5. The van der Waals surface area contributed by atoms with Gasteiger partial charge in [0.1, 0.15) is 0 Å². The van der Waals surface area contributed by atoms with Gasteiger partial charge >= 0.3 is 0 Å². The molecular weight excluding hydrogens is 342 g/mol. The lowest BCUT2D eigenvalue weighted by atomic mass is 10.0. The van der Waals surface area contributed by atoms with Crippen LogP contribution in [0.15, 0.2) is 47.4 Å². The van der Waals surface area contributed by atoms with Crippen molar-refractivity contribution in [3.05, 3.63) is 53.6 Å². The standard InChI is InChI=1S/C17H21N3O2S2/c1-3-12-6-5-7-13(4-2)16(12)20-17(23)19-14-8-10-15(11-9-14)24(18,21)22/h5-11H,3-4H2,1-2H3,(H2,18,21,22)(H2,19,20,23). The van der Waals surface area contributed by atoms with Crippen LogP contribution in [0.1, 0.15) is 25.0 Å². The van der Waals surface area contributed by atoms with Gasteiger partial charge in [-0.15, -0.1) is 0 Å². The molecule has 0 saturated heterocycles. The SMILES string of the molecule is CCc1cccc(CC)c1NC(=S)Nc1ccc(S(N)(=O)=O)cc1. The highest BCUT2D eigenvalue weighted by Gasteiger charge is 2.09. The van der Waals surface area contributed by atoms with Crippen LogP contribution in [0.25, 0.3) is 0 Å². The number of primary sulfonamides is 1.